The third-order valence-corrected chi connectivity index (χ3v) is 7.89. The molecule has 0 aliphatic heterocycles. The number of pyridine rings is 1. The first-order valence-corrected chi connectivity index (χ1v) is 14.0. The summed E-state index contributed by atoms with van der Waals surface area (Å²) >= 11 is 0. The first-order chi connectivity index (χ1) is 18.1. The van der Waals surface area contributed by atoms with Crippen molar-refractivity contribution in [1.82, 2.24) is 15.0 Å². The Morgan fingerprint density at radius 1 is 1.00 bits per heavy atom. The molecule has 1 aliphatic rings. The van der Waals surface area contributed by atoms with Gasteiger partial charge in [-0.2, -0.15) is 0 Å². The predicted molar refractivity (Wildman–Crippen MR) is 144 cm³/mol. The summed E-state index contributed by atoms with van der Waals surface area (Å²) in [7, 11) is -3.91. The van der Waals surface area contributed by atoms with E-state index in [4.69, 9.17) is 5.73 Å². The summed E-state index contributed by atoms with van der Waals surface area (Å²) in [4.78, 5) is 13.7. The highest BCUT2D eigenvalue weighted by Crippen LogP contribution is 2.28. The summed E-state index contributed by atoms with van der Waals surface area (Å²) in [6, 6.07) is 11.6. The molecule has 11 heteroatoms. The molecule has 0 amide bonds. The molecule has 198 valence electrons. The monoisotopic (exact) mass is 538 g/mol. The Balaban J connectivity index is 1.33. The molecule has 4 N–H and O–H groups in total. The molecular formula is C27H28F2N6O2S. The highest BCUT2D eigenvalue weighted by Gasteiger charge is 2.20. The van der Waals surface area contributed by atoms with E-state index >= 15 is 0 Å². The van der Waals surface area contributed by atoms with Gasteiger partial charge >= 0.3 is 0 Å². The van der Waals surface area contributed by atoms with Crippen LogP contribution in [0.2, 0.25) is 0 Å². The van der Waals surface area contributed by atoms with E-state index in [1.807, 2.05) is 13.0 Å². The number of nitrogens with one attached hydrogen (secondary N) is 2. The summed E-state index contributed by atoms with van der Waals surface area (Å²) in [5.41, 5.74) is 9.31. The van der Waals surface area contributed by atoms with Gasteiger partial charge in [0.25, 0.3) is 0 Å². The molecule has 5 rings (SSSR count). The number of hydrogen-bond acceptors (Lipinski definition) is 7. The maximum Gasteiger partial charge on any atom is 0.237 e. The van der Waals surface area contributed by atoms with Crippen molar-refractivity contribution in [3.05, 3.63) is 77.5 Å². The lowest BCUT2D eigenvalue weighted by Crippen LogP contribution is -2.33. The molecule has 1 fully saturated rings. The van der Waals surface area contributed by atoms with Gasteiger partial charge < -0.3 is 11.1 Å². The van der Waals surface area contributed by atoms with E-state index in [2.05, 4.69) is 25.0 Å². The lowest BCUT2D eigenvalue weighted by Gasteiger charge is -2.26. The number of fused-ring (bicyclic) bond motifs is 1. The van der Waals surface area contributed by atoms with E-state index in [9.17, 15) is 17.2 Å². The van der Waals surface area contributed by atoms with E-state index in [-0.39, 0.29) is 17.8 Å². The zero-order valence-corrected chi connectivity index (χ0v) is 21.6. The fourth-order valence-electron chi connectivity index (χ4n) is 4.61. The van der Waals surface area contributed by atoms with E-state index in [1.54, 1.807) is 12.3 Å². The second kappa shape index (κ2) is 10.6. The molecule has 8 nitrogen and oxygen atoms in total. The number of halogens is 2. The quantitative estimate of drug-likeness (QED) is 0.306. The summed E-state index contributed by atoms with van der Waals surface area (Å²) in [6.45, 7) is 1.90. The van der Waals surface area contributed by atoms with Crippen LogP contribution in [0.15, 0.2) is 54.7 Å². The number of sulfonamides is 1. The third kappa shape index (κ3) is 6.05. The van der Waals surface area contributed by atoms with Gasteiger partial charge in [-0.05, 0) is 74.1 Å². The van der Waals surface area contributed by atoms with Crippen LogP contribution in [0.4, 0.5) is 20.4 Å². The summed E-state index contributed by atoms with van der Waals surface area (Å²) < 4.78 is 55.3. The number of rotatable bonds is 7. The smallest absolute Gasteiger partial charge is 0.237 e. The van der Waals surface area contributed by atoms with Crippen LogP contribution in [0.5, 0.6) is 0 Å². The van der Waals surface area contributed by atoms with Crippen molar-refractivity contribution >= 4 is 32.7 Å². The highest BCUT2D eigenvalue weighted by molar-refractivity contribution is 7.91. The van der Waals surface area contributed by atoms with E-state index in [0.29, 0.717) is 33.8 Å². The maximum absolute atomic E-state index is 14.9. The van der Waals surface area contributed by atoms with Crippen molar-refractivity contribution in [3.63, 3.8) is 0 Å². The zero-order valence-electron chi connectivity index (χ0n) is 20.8. The van der Waals surface area contributed by atoms with Gasteiger partial charge in [0.05, 0.1) is 28.8 Å². The van der Waals surface area contributed by atoms with Crippen molar-refractivity contribution in [2.75, 3.05) is 10.0 Å². The number of hydrogen-bond donors (Lipinski definition) is 3. The first kappa shape index (κ1) is 25.9. The van der Waals surface area contributed by atoms with E-state index in [1.165, 1.54) is 36.4 Å². The van der Waals surface area contributed by atoms with Crippen molar-refractivity contribution in [2.45, 2.75) is 50.4 Å². The van der Waals surface area contributed by atoms with Gasteiger partial charge in [-0.3, -0.25) is 4.72 Å². The van der Waals surface area contributed by atoms with Gasteiger partial charge in [0.15, 0.2) is 0 Å². The molecule has 0 atom stereocenters. The average molecular weight is 539 g/mol. The summed E-state index contributed by atoms with van der Waals surface area (Å²) in [5, 5.41) is 3.39. The number of nitrogens with zero attached hydrogens (tertiary/aromatic N) is 3. The second-order valence-electron chi connectivity index (χ2n) is 9.69. The Bertz CT molecular complexity index is 1570. The van der Waals surface area contributed by atoms with Crippen LogP contribution in [-0.4, -0.2) is 35.5 Å². The summed E-state index contributed by atoms with van der Waals surface area (Å²) in [6.07, 6.45) is 5.54. The van der Waals surface area contributed by atoms with Gasteiger partial charge in [0.1, 0.15) is 17.2 Å². The molecule has 0 bridgehead atoms. The molecule has 0 radical (unpaired) electrons. The predicted octanol–water partition coefficient (Wildman–Crippen LogP) is 4.90. The number of aromatic nitrogens is 3. The minimum Gasteiger partial charge on any atom is -0.351 e. The van der Waals surface area contributed by atoms with Gasteiger partial charge in [-0.25, -0.2) is 32.2 Å². The highest BCUT2D eigenvalue weighted by atomic mass is 32.2. The molecule has 2 heterocycles. The maximum atomic E-state index is 14.9. The van der Waals surface area contributed by atoms with Crippen molar-refractivity contribution < 1.29 is 17.2 Å². The molecule has 38 heavy (non-hydrogen) atoms. The molecule has 0 spiro atoms. The van der Waals surface area contributed by atoms with E-state index < -0.39 is 27.4 Å². The lowest BCUT2D eigenvalue weighted by molar-refractivity contribution is 0.410. The van der Waals surface area contributed by atoms with Crippen LogP contribution in [0.25, 0.3) is 22.3 Å². The van der Waals surface area contributed by atoms with Gasteiger partial charge in [-0.15, -0.1) is 0 Å². The largest absolute Gasteiger partial charge is 0.351 e. The second-order valence-corrected chi connectivity index (χ2v) is 11.4. The lowest BCUT2D eigenvalue weighted by atomic mass is 9.92. The first-order valence-electron chi connectivity index (χ1n) is 12.4. The molecule has 2 aromatic heterocycles. The Morgan fingerprint density at radius 2 is 1.74 bits per heavy atom. The van der Waals surface area contributed by atoms with Crippen LogP contribution in [0.3, 0.4) is 0 Å². The third-order valence-electron chi connectivity index (χ3n) is 6.64. The Labute approximate surface area is 219 Å². The molecule has 1 aliphatic carbocycles. The minimum atomic E-state index is -3.91. The van der Waals surface area contributed by atoms with Crippen molar-refractivity contribution in [3.8, 4) is 11.3 Å². The Kier molecular flexibility index (Phi) is 7.22. The normalized spacial score (nSPS) is 17.9. The molecule has 1 saturated carbocycles. The van der Waals surface area contributed by atoms with Crippen LogP contribution in [0.1, 0.15) is 36.8 Å². The number of nitrogens with two attached hydrogens (primary N) is 1. The fourth-order valence-corrected chi connectivity index (χ4v) is 5.81. The average Bonchev–Trinajstić information content (AvgIpc) is 2.88. The van der Waals surface area contributed by atoms with Gasteiger partial charge in [0.2, 0.25) is 16.0 Å². The molecule has 0 saturated heterocycles. The summed E-state index contributed by atoms with van der Waals surface area (Å²) in [5.74, 6) is -1.08. The topological polar surface area (TPSA) is 123 Å². The SMILES string of the molecule is Cc1cc(-c2ccc(NS(=O)(=O)Cc3ccc(F)cc3)c(F)c2)nc2cnc(NC3CCC(N)CC3)nc12. The van der Waals surface area contributed by atoms with Gasteiger partial charge in [-0.1, -0.05) is 18.2 Å². The fraction of sp³-hybridized carbons (Fsp3) is 0.296. The molecule has 0 unspecified atom stereocenters. The molecule has 4 aromatic rings. The standard InChI is InChI=1S/C27H28F2N6O2S/c1-16-12-24(33-25-14-31-27(34-26(16)25)32-21-9-7-20(30)8-10-21)18-4-11-23(22(29)13-18)35-38(36,37)15-17-2-5-19(28)6-3-17/h2-6,11-14,20-21,35H,7-10,15,30H2,1H3,(H,31,32,34). The minimum absolute atomic E-state index is 0.184. The Hall–Kier alpha value is -3.70. The zero-order chi connectivity index (χ0) is 26.9. The van der Waals surface area contributed by atoms with Crippen molar-refractivity contribution in [1.29, 1.82) is 0 Å². The van der Waals surface area contributed by atoms with Crippen LogP contribution < -0.4 is 15.8 Å². The molecule has 2 aromatic carbocycles. The van der Waals surface area contributed by atoms with Crippen LogP contribution in [-0.2, 0) is 15.8 Å². The van der Waals surface area contributed by atoms with E-state index in [0.717, 1.165) is 31.2 Å². The van der Waals surface area contributed by atoms with Gasteiger partial charge in [0, 0.05) is 17.6 Å². The number of benzene rings is 2. The van der Waals surface area contributed by atoms with Crippen LogP contribution >= 0.6 is 0 Å². The number of anilines is 2. The Morgan fingerprint density at radius 3 is 2.45 bits per heavy atom. The molecular weight excluding hydrogens is 510 g/mol. The number of aryl methyl sites for hydroxylation is 1. The van der Waals surface area contributed by atoms with Crippen molar-refractivity contribution in [2.24, 2.45) is 5.73 Å². The van der Waals surface area contributed by atoms with Crippen LogP contribution in [0, 0.1) is 18.6 Å².